The molecule has 1 saturated heterocycles. The van der Waals surface area contributed by atoms with Gasteiger partial charge in [0.15, 0.2) is 0 Å². The Kier molecular flexibility index (Phi) is 5.21. The molecule has 5 heteroatoms. The molecule has 0 radical (unpaired) electrons. The Hall–Kier alpha value is -2.66. The second-order valence-electron chi connectivity index (χ2n) is 6.95. The van der Waals surface area contributed by atoms with E-state index in [2.05, 4.69) is 33.0 Å². The summed E-state index contributed by atoms with van der Waals surface area (Å²) in [6.07, 6.45) is 9.03. The first kappa shape index (κ1) is 17.7. The molecule has 0 bridgehead atoms. The van der Waals surface area contributed by atoms with Gasteiger partial charge in [-0.25, -0.2) is 9.37 Å². The summed E-state index contributed by atoms with van der Waals surface area (Å²) in [6, 6.07) is 8.88. The molecule has 4 nitrogen and oxygen atoms in total. The van der Waals surface area contributed by atoms with E-state index in [-0.39, 0.29) is 5.82 Å². The molecule has 1 aliphatic carbocycles. The van der Waals surface area contributed by atoms with Gasteiger partial charge in [0.25, 0.3) is 0 Å². The van der Waals surface area contributed by atoms with E-state index in [4.69, 9.17) is 4.74 Å². The first-order valence-electron chi connectivity index (χ1n) is 9.35. The van der Waals surface area contributed by atoms with Crippen LogP contribution in [-0.4, -0.2) is 43.2 Å². The molecule has 1 aromatic carbocycles. The lowest BCUT2D eigenvalue weighted by atomic mass is 10.1. The molecule has 0 unspecified atom stereocenters. The molecule has 27 heavy (non-hydrogen) atoms. The summed E-state index contributed by atoms with van der Waals surface area (Å²) < 4.78 is 18.5. The average Bonchev–Trinajstić information content (AvgIpc) is 2.92. The van der Waals surface area contributed by atoms with Gasteiger partial charge in [0.2, 0.25) is 0 Å². The van der Waals surface area contributed by atoms with Crippen LogP contribution >= 0.6 is 0 Å². The molecule has 0 N–H and O–H groups in total. The molecule has 4 rings (SSSR count). The summed E-state index contributed by atoms with van der Waals surface area (Å²) in [5.41, 5.74) is 3.58. The fourth-order valence-corrected chi connectivity index (χ4v) is 3.67. The standard InChI is InChI=1S/C22H24FN3O/c1-27-20-4-2-3-18-9-10-24-22(21(18)15-20)26-13-11-25(12-14-26)16-17-5-7-19(23)8-6-17/h2,4-10,15H,3,11-14,16H2,1H3. The monoisotopic (exact) mass is 365 g/mol. The van der Waals surface area contributed by atoms with Crippen LogP contribution in [-0.2, 0) is 17.7 Å². The number of nitrogens with zero attached hydrogens (tertiary/aromatic N) is 3. The SMILES string of the molecule is COC1=Cc2c(ccnc2N2CCN(Cc3ccc(F)cc3)CC2)CC=C1. The Morgan fingerprint density at radius 2 is 1.85 bits per heavy atom. The Morgan fingerprint density at radius 1 is 1.07 bits per heavy atom. The van der Waals surface area contributed by atoms with Crippen molar-refractivity contribution in [3.05, 3.63) is 76.9 Å². The molecule has 0 amide bonds. The third-order valence-electron chi connectivity index (χ3n) is 5.19. The van der Waals surface area contributed by atoms with Crippen molar-refractivity contribution in [3.63, 3.8) is 0 Å². The van der Waals surface area contributed by atoms with Gasteiger partial charge in [0.1, 0.15) is 17.4 Å². The lowest BCUT2D eigenvalue weighted by molar-refractivity contribution is 0.249. The molecule has 1 aliphatic heterocycles. The Bertz CT molecular complexity index is 852. The molecule has 0 spiro atoms. The minimum atomic E-state index is -0.183. The minimum absolute atomic E-state index is 0.183. The van der Waals surface area contributed by atoms with E-state index >= 15 is 0 Å². The van der Waals surface area contributed by atoms with Crippen molar-refractivity contribution in [3.8, 4) is 0 Å². The summed E-state index contributed by atoms with van der Waals surface area (Å²) in [5, 5.41) is 0. The van der Waals surface area contributed by atoms with E-state index in [1.54, 1.807) is 7.11 Å². The molecule has 2 aromatic rings. The average molecular weight is 365 g/mol. The van der Waals surface area contributed by atoms with Gasteiger partial charge in [-0.1, -0.05) is 18.2 Å². The summed E-state index contributed by atoms with van der Waals surface area (Å²) in [7, 11) is 1.70. The second kappa shape index (κ2) is 7.92. The number of anilines is 1. The van der Waals surface area contributed by atoms with Crippen LogP contribution in [0.15, 0.2) is 54.4 Å². The van der Waals surface area contributed by atoms with Crippen molar-refractivity contribution >= 4 is 11.9 Å². The lowest BCUT2D eigenvalue weighted by Crippen LogP contribution is -2.46. The Morgan fingerprint density at radius 3 is 2.59 bits per heavy atom. The number of pyridine rings is 1. The van der Waals surface area contributed by atoms with Crippen molar-refractivity contribution in [2.75, 3.05) is 38.2 Å². The van der Waals surface area contributed by atoms with E-state index in [0.717, 1.165) is 61.8 Å². The van der Waals surface area contributed by atoms with Gasteiger partial charge in [-0.3, -0.25) is 4.90 Å². The molecule has 1 aromatic heterocycles. The maximum atomic E-state index is 13.1. The largest absolute Gasteiger partial charge is 0.497 e. The van der Waals surface area contributed by atoms with Gasteiger partial charge in [-0.05, 0) is 47.9 Å². The molecule has 2 heterocycles. The van der Waals surface area contributed by atoms with Crippen molar-refractivity contribution in [1.82, 2.24) is 9.88 Å². The van der Waals surface area contributed by atoms with Gasteiger partial charge in [-0.2, -0.15) is 0 Å². The zero-order valence-electron chi connectivity index (χ0n) is 15.6. The molecule has 1 fully saturated rings. The van der Waals surface area contributed by atoms with E-state index in [1.165, 1.54) is 17.7 Å². The summed E-state index contributed by atoms with van der Waals surface area (Å²) >= 11 is 0. The zero-order chi connectivity index (χ0) is 18.6. The Labute approximate surface area is 159 Å². The Balaban J connectivity index is 1.47. The molecule has 140 valence electrons. The number of rotatable bonds is 4. The predicted molar refractivity (Wildman–Crippen MR) is 106 cm³/mol. The minimum Gasteiger partial charge on any atom is -0.497 e. The van der Waals surface area contributed by atoms with Crippen LogP contribution in [0.3, 0.4) is 0 Å². The summed E-state index contributed by atoms with van der Waals surface area (Å²) in [5.74, 6) is 1.71. The topological polar surface area (TPSA) is 28.6 Å². The van der Waals surface area contributed by atoms with Crippen molar-refractivity contribution < 1.29 is 9.13 Å². The fraction of sp³-hybridized carbons (Fsp3) is 0.318. The molecule has 0 atom stereocenters. The lowest BCUT2D eigenvalue weighted by Gasteiger charge is -2.36. The highest BCUT2D eigenvalue weighted by Crippen LogP contribution is 2.28. The maximum Gasteiger partial charge on any atom is 0.136 e. The zero-order valence-corrected chi connectivity index (χ0v) is 15.6. The summed E-state index contributed by atoms with van der Waals surface area (Å²) in [4.78, 5) is 9.44. The molecule has 0 saturated carbocycles. The number of hydrogen-bond acceptors (Lipinski definition) is 4. The van der Waals surface area contributed by atoms with E-state index in [0.29, 0.717) is 0 Å². The number of methoxy groups -OCH3 is 1. The van der Waals surface area contributed by atoms with Gasteiger partial charge >= 0.3 is 0 Å². The highest BCUT2D eigenvalue weighted by atomic mass is 19.1. The van der Waals surface area contributed by atoms with Gasteiger partial charge in [0, 0.05) is 44.5 Å². The molecular weight excluding hydrogens is 341 g/mol. The summed E-state index contributed by atoms with van der Waals surface area (Å²) in [6.45, 7) is 4.62. The van der Waals surface area contributed by atoms with Crippen molar-refractivity contribution in [2.24, 2.45) is 0 Å². The van der Waals surface area contributed by atoms with Crippen LogP contribution < -0.4 is 4.90 Å². The number of piperazine rings is 1. The number of hydrogen-bond donors (Lipinski definition) is 0. The molecule has 2 aliphatic rings. The second-order valence-corrected chi connectivity index (χ2v) is 6.95. The third-order valence-corrected chi connectivity index (χ3v) is 5.19. The highest BCUT2D eigenvalue weighted by Gasteiger charge is 2.21. The van der Waals surface area contributed by atoms with Crippen molar-refractivity contribution in [2.45, 2.75) is 13.0 Å². The molecular formula is C22H24FN3O. The number of ether oxygens (including phenoxy) is 1. The predicted octanol–water partition coefficient (Wildman–Crippen LogP) is 3.64. The number of fused-ring (bicyclic) bond motifs is 1. The van der Waals surface area contributed by atoms with Crippen LogP contribution in [0.25, 0.3) is 6.08 Å². The number of allylic oxidation sites excluding steroid dienone is 2. The van der Waals surface area contributed by atoms with E-state index in [9.17, 15) is 4.39 Å². The number of aromatic nitrogens is 1. The van der Waals surface area contributed by atoms with Crippen LogP contribution in [0.4, 0.5) is 10.2 Å². The van der Waals surface area contributed by atoms with Crippen molar-refractivity contribution in [1.29, 1.82) is 0 Å². The first-order valence-corrected chi connectivity index (χ1v) is 9.35. The van der Waals surface area contributed by atoms with Gasteiger partial charge in [0.05, 0.1) is 7.11 Å². The fourth-order valence-electron chi connectivity index (χ4n) is 3.67. The first-order chi connectivity index (χ1) is 13.2. The van der Waals surface area contributed by atoms with E-state index < -0.39 is 0 Å². The van der Waals surface area contributed by atoms with Crippen LogP contribution in [0.2, 0.25) is 0 Å². The third kappa shape index (κ3) is 4.03. The van der Waals surface area contributed by atoms with Gasteiger partial charge in [-0.15, -0.1) is 0 Å². The van der Waals surface area contributed by atoms with Crippen LogP contribution in [0.5, 0.6) is 0 Å². The van der Waals surface area contributed by atoms with Crippen LogP contribution in [0.1, 0.15) is 16.7 Å². The number of benzene rings is 1. The maximum absolute atomic E-state index is 13.1. The number of halogens is 1. The normalized spacial score (nSPS) is 17.3. The smallest absolute Gasteiger partial charge is 0.136 e. The van der Waals surface area contributed by atoms with Gasteiger partial charge < -0.3 is 9.64 Å². The van der Waals surface area contributed by atoms with Crippen LogP contribution in [0, 0.1) is 5.82 Å². The quantitative estimate of drug-likeness (QED) is 0.827. The highest BCUT2D eigenvalue weighted by molar-refractivity contribution is 5.70. The van der Waals surface area contributed by atoms with E-state index in [1.807, 2.05) is 24.4 Å².